The Morgan fingerprint density at radius 3 is 1.88 bits per heavy atom. The Morgan fingerprint density at radius 1 is 0.938 bits per heavy atom. The summed E-state index contributed by atoms with van der Waals surface area (Å²) < 4.78 is 0. The predicted octanol–water partition coefficient (Wildman–Crippen LogP) is 3.18. The fourth-order valence-corrected chi connectivity index (χ4v) is 2.87. The lowest BCUT2D eigenvalue weighted by Gasteiger charge is -2.08. The minimum Gasteiger partial charge on any atom is -0.382 e. The van der Waals surface area contributed by atoms with Gasteiger partial charge in [-0.2, -0.15) is 0 Å². The molecule has 0 radical (unpaired) electrons. The predicted molar refractivity (Wildman–Crippen MR) is 69.3 cm³/mol. The average Bonchev–Trinajstić information content (AvgIpc) is 2.86. The monoisotopic (exact) mass is 216 g/mol. The van der Waals surface area contributed by atoms with Gasteiger partial charge < -0.3 is 10.6 Å². The summed E-state index contributed by atoms with van der Waals surface area (Å²) in [5.41, 5.74) is 5.75. The van der Waals surface area contributed by atoms with E-state index in [0.29, 0.717) is 12.1 Å². The van der Waals surface area contributed by atoms with Crippen molar-refractivity contribution < 1.29 is 0 Å². The van der Waals surface area contributed by atoms with Crippen molar-refractivity contribution in [2.24, 2.45) is 0 Å². The molecule has 2 N–H and O–H groups in total. The molecular weight excluding hydrogens is 196 g/mol. The zero-order valence-electron chi connectivity index (χ0n) is 10.1. The van der Waals surface area contributed by atoms with Crippen molar-refractivity contribution in [3.8, 4) is 0 Å². The summed E-state index contributed by atoms with van der Waals surface area (Å²) in [7, 11) is 0. The highest BCUT2D eigenvalue weighted by Gasteiger charge is 2.25. The standard InChI is InChI=1S/C14H20N2/c1-3-11-6-9-5-10-7-12(4-2)16-14(10)8-13(9)15-11/h5,8,11-12,15-16H,3-4,6-7H2,1-2H3. The quantitative estimate of drug-likeness (QED) is 0.793. The van der Waals surface area contributed by atoms with Crippen molar-refractivity contribution in [2.45, 2.75) is 51.6 Å². The molecule has 0 saturated carbocycles. The maximum Gasteiger partial charge on any atom is 0.0396 e. The summed E-state index contributed by atoms with van der Waals surface area (Å²) in [4.78, 5) is 0. The Bertz CT molecular complexity index is 341. The molecule has 1 aromatic carbocycles. The Labute approximate surface area is 97.4 Å². The van der Waals surface area contributed by atoms with Crippen molar-refractivity contribution in [1.82, 2.24) is 0 Å². The highest BCUT2D eigenvalue weighted by Crippen LogP contribution is 2.36. The van der Waals surface area contributed by atoms with Crippen LogP contribution in [0.1, 0.15) is 37.8 Å². The van der Waals surface area contributed by atoms with Gasteiger partial charge in [-0.25, -0.2) is 0 Å². The zero-order valence-corrected chi connectivity index (χ0v) is 10.1. The summed E-state index contributed by atoms with van der Waals surface area (Å²) in [6, 6.07) is 6.03. The van der Waals surface area contributed by atoms with Crippen LogP contribution in [-0.4, -0.2) is 12.1 Å². The first-order valence-electron chi connectivity index (χ1n) is 6.49. The first-order valence-corrected chi connectivity index (χ1v) is 6.49. The molecule has 16 heavy (non-hydrogen) atoms. The Balaban J connectivity index is 1.90. The first kappa shape index (κ1) is 10.0. The molecule has 0 aromatic heterocycles. The van der Waals surface area contributed by atoms with Gasteiger partial charge in [-0.05, 0) is 42.9 Å². The smallest absolute Gasteiger partial charge is 0.0396 e. The number of benzene rings is 1. The first-order chi connectivity index (χ1) is 7.80. The Hall–Kier alpha value is -1.18. The second-order valence-electron chi connectivity index (χ2n) is 5.07. The third kappa shape index (κ3) is 1.48. The van der Waals surface area contributed by atoms with Crippen molar-refractivity contribution in [3.05, 3.63) is 23.3 Å². The van der Waals surface area contributed by atoms with Crippen LogP contribution in [0.4, 0.5) is 11.4 Å². The minimum atomic E-state index is 0.652. The summed E-state index contributed by atoms with van der Waals surface area (Å²) in [6.07, 6.45) is 4.83. The van der Waals surface area contributed by atoms with Gasteiger partial charge in [0.1, 0.15) is 0 Å². The number of anilines is 2. The summed E-state index contributed by atoms with van der Waals surface area (Å²) in [5, 5.41) is 7.21. The maximum atomic E-state index is 3.61. The molecule has 86 valence electrons. The van der Waals surface area contributed by atoms with E-state index in [9.17, 15) is 0 Å². The van der Waals surface area contributed by atoms with E-state index >= 15 is 0 Å². The van der Waals surface area contributed by atoms with Crippen LogP contribution in [0, 0.1) is 0 Å². The molecular formula is C14H20N2. The van der Waals surface area contributed by atoms with Crippen LogP contribution < -0.4 is 10.6 Å². The van der Waals surface area contributed by atoms with Crippen molar-refractivity contribution in [2.75, 3.05) is 10.6 Å². The molecule has 0 amide bonds. The molecule has 0 saturated heterocycles. The van der Waals surface area contributed by atoms with Gasteiger partial charge >= 0.3 is 0 Å². The van der Waals surface area contributed by atoms with E-state index in [1.807, 2.05) is 0 Å². The number of fused-ring (bicyclic) bond motifs is 2. The number of hydrogen-bond acceptors (Lipinski definition) is 2. The van der Waals surface area contributed by atoms with Crippen LogP contribution in [0.25, 0.3) is 0 Å². The fourth-order valence-electron chi connectivity index (χ4n) is 2.87. The number of nitrogens with one attached hydrogen (secondary N) is 2. The van der Waals surface area contributed by atoms with E-state index in [0.717, 1.165) is 0 Å². The second-order valence-corrected chi connectivity index (χ2v) is 5.07. The van der Waals surface area contributed by atoms with E-state index in [1.54, 1.807) is 0 Å². The average molecular weight is 216 g/mol. The van der Waals surface area contributed by atoms with Gasteiger partial charge in [0.2, 0.25) is 0 Å². The third-order valence-corrected chi connectivity index (χ3v) is 3.97. The molecule has 2 aliphatic heterocycles. The van der Waals surface area contributed by atoms with Gasteiger partial charge in [0.25, 0.3) is 0 Å². The largest absolute Gasteiger partial charge is 0.382 e. The molecule has 2 heterocycles. The lowest BCUT2D eigenvalue weighted by atomic mass is 10.0. The van der Waals surface area contributed by atoms with E-state index in [2.05, 4.69) is 36.6 Å². The number of rotatable bonds is 2. The molecule has 0 aliphatic carbocycles. The molecule has 2 unspecified atom stereocenters. The van der Waals surface area contributed by atoms with E-state index in [1.165, 1.54) is 48.2 Å². The molecule has 0 fully saturated rings. The van der Waals surface area contributed by atoms with Gasteiger partial charge in [0.15, 0.2) is 0 Å². The van der Waals surface area contributed by atoms with Crippen LogP contribution in [0.15, 0.2) is 12.1 Å². The molecule has 0 spiro atoms. The normalized spacial score (nSPS) is 25.9. The molecule has 2 heteroatoms. The third-order valence-electron chi connectivity index (χ3n) is 3.97. The molecule has 2 aliphatic rings. The maximum absolute atomic E-state index is 3.61. The zero-order chi connectivity index (χ0) is 11.1. The minimum absolute atomic E-state index is 0.652. The van der Waals surface area contributed by atoms with Crippen LogP contribution in [0.3, 0.4) is 0 Å². The highest BCUT2D eigenvalue weighted by atomic mass is 15.0. The summed E-state index contributed by atoms with van der Waals surface area (Å²) in [5.74, 6) is 0. The van der Waals surface area contributed by atoms with Gasteiger partial charge in [-0.1, -0.05) is 19.9 Å². The summed E-state index contributed by atoms with van der Waals surface area (Å²) in [6.45, 7) is 4.51. The fraction of sp³-hybridized carbons (Fsp3) is 0.571. The molecule has 0 bridgehead atoms. The van der Waals surface area contributed by atoms with E-state index < -0.39 is 0 Å². The lowest BCUT2D eigenvalue weighted by Crippen LogP contribution is -2.14. The SMILES string of the molecule is CCC1Cc2cc3c(cc2N1)NC(CC)C3. The van der Waals surface area contributed by atoms with Gasteiger partial charge in [-0.15, -0.1) is 0 Å². The van der Waals surface area contributed by atoms with Crippen LogP contribution >= 0.6 is 0 Å². The van der Waals surface area contributed by atoms with Crippen LogP contribution in [0.5, 0.6) is 0 Å². The van der Waals surface area contributed by atoms with Crippen molar-refractivity contribution >= 4 is 11.4 Å². The molecule has 2 atom stereocenters. The number of hydrogen-bond donors (Lipinski definition) is 2. The molecule has 3 rings (SSSR count). The van der Waals surface area contributed by atoms with Crippen LogP contribution in [0.2, 0.25) is 0 Å². The van der Waals surface area contributed by atoms with Gasteiger partial charge in [0.05, 0.1) is 0 Å². The topological polar surface area (TPSA) is 24.1 Å². The second kappa shape index (κ2) is 3.69. The Morgan fingerprint density at radius 2 is 1.44 bits per heavy atom. The lowest BCUT2D eigenvalue weighted by molar-refractivity contribution is 0.717. The highest BCUT2D eigenvalue weighted by molar-refractivity contribution is 5.70. The van der Waals surface area contributed by atoms with Gasteiger partial charge in [-0.3, -0.25) is 0 Å². The van der Waals surface area contributed by atoms with Gasteiger partial charge in [0, 0.05) is 23.5 Å². The van der Waals surface area contributed by atoms with Crippen molar-refractivity contribution in [3.63, 3.8) is 0 Å². The Kier molecular flexibility index (Phi) is 2.31. The molecule has 1 aromatic rings. The van der Waals surface area contributed by atoms with Crippen LogP contribution in [-0.2, 0) is 12.8 Å². The van der Waals surface area contributed by atoms with E-state index in [-0.39, 0.29) is 0 Å². The molecule has 2 nitrogen and oxygen atoms in total. The van der Waals surface area contributed by atoms with Crippen molar-refractivity contribution in [1.29, 1.82) is 0 Å². The van der Waals surface area contributed by atoms with E-state index in [4.69, 9.17) is 0 Å². The summed E-state index contributed by atoms with van der Waals surface area (Å²) >= 11 is 0.